The maximum atomic E-state index is 12.2. The van der Waals surface area contributed by atoms with Crippen LogP contribution in [0.1, 0.15) is 23.2 Å². The van der Waals surface area contributed by atoms with Gasteiger partial charge in [-0.3, -0.25) is 9.59 Å². The fraction of sp³-hybridized carbons (Fsp3) is 0.308. The van der Waals surface area contributed by atoms with Gasteiger partial charge in [0.05, 0.1) is 12.3 Å². The molecular formula is C13H14N2O2. The van der Waals surface area contributed by atoms with Crippen molar-refractivity contribution >= 4 is 17.9 Å². The maximum Gasteiger partial charge on any atom is 0.254 e. The molecule has 0 radical (unpaired) electrons. The number of carbonyl (C=O) groups is 2. The average molecular weight is 230 g/mol. The molecule has 4 heteroatoms. The van der Waals surface area contributed by atoms with Crippen LogP contribution in [0.25, 0.3) is 0 Å². The van der Waals surface area contributed by atoms with Crippen molar-refractivity contribution in [3.05, 3.63) is 35.9 Å². The minimum Gasteiger partial charge on any atom is -0.328 e. The highest BCUT2D eigenvalue weighted by atomic mass is 16.2. The van der Waals surface area contributed by atoms with E-state index in [-0.39, 0.29) is 11.7 Å². The number of nitrogens with zero attached hydrogens (tertiary/aromatic N) is 1. The molecular weight excluding hydrogens is 216 g/mol. The van der Waals surface area contributed by atoms with Crippen LogP contribution in [0.15, 0.2) is 30.3 Å². The lowest BCUT2D eigenvalue weighted by atomic mass is 10.1. The second-order valence-corrected chi connectivity index (χ2v) is 4.07. The van der Waals surface area contributed by atoms with Gasteiger partial charge in [0, 0.05) is 12.1 Å². The minimum atomic E-state index is -0.444. The van der Waals surface area contributed by atoms with Gasteiger partial charge in [-0.1, -0.05) is 18.2 Å². The van der Waals surface area contributed by atoms with Crippen LogP contribution in [0.4, 0.5) is 0 Å². The molecule has 1 fully saturated rings. The lowest BCUT2D eigenvalue weighted by Crippen LogP contribution is -2.40. The van der Waals surface area contributed by atoms with E-state index in [2.05, 4.69) is 0 Å². The molecule has 88 valence electrons. The van der Waals surface area contributed by atoms with Crippen molar-refractivity contribution in [2.24, 2.45) is 0 Å². The van der Waals surface area contributed by atoms with E-state index < -0.39 is 6.04 Å². The van der Waals surface area contributed by atoms with Gasteiger partial charge in [0.2, 0.25) is 0 Å². The number of hydrogen-bond acceptors (Lipinski definition) is 3. The molecule has 1 aromatic carbocycles. The van der Waals surface area contributed by atoms with Gasteiger partial charge in [-0.05, 0) is 25.0 Å². The first kappa shape index (κ1) is 11.5. The average Bonchev–Trinajstić information content (AvgIpc) is 2.87. The monoisotopic (exact) mass is 230 g/mol. The fourth-order valence-corrected chi connectivity index (χ4v) is 2.15. The Kier molecular flexibility index (Phi) is 3.32. The summed E-state index contributed by atoms with van der Waals surface area (Å²) in [6, 6.07) is 8.49. The molecule has 2 rings (SSSR count). The summed E-state index contributed by atoms with van der Waals surface area (Å²) in [6.45, 7) is 0.595. The highest BCUT2D eigenvalue weighted by molar-refractivity contribution is 6.29. The molecule has 0 unspecified atom stereocenters. The number of nitrogens with one attached hydrogen (secondary N) is 1. The summed E-state index contributed by atoms with van der Waals surface area (Å²) in [7, 11) is 0. The van der Waals surface area contributed by atoms with Crippen molar-refractivity contribution in [2.45, 2.75) is 18.9 Å². The molecule has 1 aromatic rings. The molecule has 0 bridgehead atoms. The van der Waals surface area contributed by atoms with Gasteiger partial charge in [0.15, 0.2) is 5.78 Å². The molecule has 1 N–H and O–H groups in total. The Labute approximate surface area is 99.7 Å². The van der Waals surface area contributed by atoms with Crippen LogP contribution in [-0.2, 0) is 4.79 Å². The largest absolute Gasteiger partial charge is 0.328 e. The zero-order chi connectivity index (χ0) is 12.3. The molecule has 0 spiro atoms. The second-order valence-electron chi connectivity index (χ2n) is 4.07. The first-order valence-corrected chi connectivity index (χ1v) is 5.64. The summed E-state index contributed by atoms with van der Waals surface area (Å²) < 4.78 is 0. The molecule has 1 saturated heterocycles. The Hall–Kier alpha value is -1.97. The van der Waals surface area contributed by atoms with Crippen LogP contribution in [0.2, 0.25) is 0 Å². The number of hydrogen-bond donors (Lipinski definition) is 1. The normalized spacial score (nSPS) is 19.1. The summed E-state index contributed by atoms with van der Waals surface area (Å²) in [4.78, 5) is 25.3. The standard InChI is InChI=1S/C13H14N2O2/c14-9-12(16)11-7-4-8-15(11)13(17)10-5-2-1-3-6-10/h1-3,5-6,9,11,14H,4,7-8H2/t11-/m0/s1. The van der Waals surface area contributed by atoms with E-state index in [0.29, 0.717) is 18.5 Å². The molecule has 1 aliphatic heterocycles. The zero-order valence-electron chi connectivity index (χ0n) is 9.43. The van der Waals surface area contributed by atoms with Crippen LogP contribution in [0, 0.1) is 5.41 Å². The van der Waals surface area contributed by atoms with Gasteiger partial charge in [-0.15, -0.1) is 0 Å². The van der Waals surface area contributed by atoms with E-state index in [9.17, 15) is 9.59 Å². The third-order valence-corrected chi connectivity index (χ3v) is 3.01. The van der Waals surface area contributed by atoms with Crippen molar-refractivity contribution in [1.82, 2.24) is 4.90 Å². The number of rotatable bonds is 3. The van der Waals surface area contributed by atoms with E-state index in [1.807, 2.05) is 6.07 Å². The number of likely N-dealkylation sites (tertiary alicyclic amines) is 1. The third kappa shape index (κ3) is 2.25. The van der Waals surface area contributed by atoms with Gasteiger partial charge in [0.1, 0.15) is 0 Å². The van der Waals surface area contributed by atoms with Crippen molar-refractivity contribution < 1.29 is 9.59 Å². The highest BCUT2D eigenvalue weighted by Crippen LogP contribution is 2.20. The van der Waals surface area contributed by atoms with Crippen LogP contribution >= 0.6 is 0 Å². The van der Waals surface area contributed by atoms with Gasteiger partial charge >= 0.3 is 0 Å². The van der Waals surface area contributed by atoms with Crippen LogP contribution in [0.3, 0.4) is 0 Å². The Bertz CT molecular complexity index is 442. The van der Waals surface area contributed by atoms with E-state index in [4.69, 9.17) is 5.41 Å². The Balaban J connectivity index is 2.19. The summed E-state index contributed by atoms with van der Waals surface area (Å²) >= 11 is 0. The summed E-state index contributed by atoms with van der Waals surface area (Å²) in [5.74, 6) is -0.407. The summed E-state index contributed by atoms with van der Waals surface area (Å²) in [5, 5.41) is 7.00. The SMILES string of the molecule is N=CC(=O)[C@@H]1CCCN1C(=O)c1ccccc1. The van der Waals surface area contributed by atoms with Crippen molar-refractivity contribution in [3.63, 3.8) is 0 Å². The van der Waals surface area contributed by atoms with Gasteiger partial charge in [-0.25, -0.2) is 0 Å². The summed E-state index contributed by atoms with van der Waals surface area (Å²) in [5.41, 5.74) is 0.595. The lowest BCUT2D eigenvalue weighted by molar-refractivity contribution is -0.116. The quantitative estimate of drug-likeness (QED) is 0.800. The molecule has 4 nitrogen and oxygen atoms in total. The molecule has 1 atom stereocenters. The van der Waals surface area contributed by atoms with Crippen LogP contribution in [-0.4, -0.2) is 35.4 Å². The van der Waals surface area contributed by atoms with Gasteiger partial charge in [0.25, 0.3) is 5.91 Å². The highest BCUT2D eigenvalue weighted by Gasteiger charge is 2.33. The van der Waals surface area contributed by atoms with E-state index in [1.165, 1.54) is 0 Å². The first-order chi connectivity index (χ1) is 8.24. The smallest absolute Gasteiger partial charge is 0.254 e. The molecule has 1 aliphatic rings. The molecule has 0 aromatic heterocycles. The van der Waals surface area contributed by atoms with Crippen molar-refractivity contribution in [3.8, 4) is 0 Å². The number of carbonyl (C=O) groups excluding carboxylic acids is 2. The number of Topliss-reactive ketones (excluding diaryl/α,β-unsaturated/α-hetero) is 1. The minimum absolute atomic E-state index is 0.122. The molecule has 1 heterocycles. The topological polar surface area (TPSA) is 61.2 Å². The Morgan fingerprint density at radius 1 is 1.29 bits per heavy atom. The fourth-order valence-electron chi connectivity index (χ4n) is 2.15. The molecule has 1 amide bonds. The zero-order valence-corrected chi connectivity index (χ0v) is 9.43. The molecule has 17 heavy (non-hydrogen) atoms. The number of amides is 1. The second kappa shape index (κ2) is 4.91. The Morgan fingerprint density at radius 3 is 2.65 bits per heavy atom. The van der Waals surface area contributed by atoms with E-state index >= 15 is 0 Å². The van der Waals surface area contributed by atoms with Crippen molar-refractivity contribution in [2.75, 3.05) is 6.54 Å². The van der Waals surface area contributed by atoms with Gasteiger partial charge in [-0.2, -0.15) is 0 Å². The number of benzene rings is 1. The van der Waals surface area contributed by atoms with E-state index in [1.54, 1.807) is 29.2 Å². The van der Waals surface area contributed by atoms with E-state index in [0.717, 1.165) is 12.6 Å². The van der Waals surface area contributed by atoms with Crippen LogP contribution in [0.5, 0.6) is 0 Å². The third-order valence-electron chi connectivity index (χ3n) is 3.01. The molecule has 0 saturated carbocycles. The van der Waals surface area contributed by atoms with Crippen LogP contribution < -0.4 is 0 Å². The molecule has 0 aliphatic carbocycles. The first-order valence-electron chi connectivity index (χ1n) is 5.64. The Morgan fingerprint density at radius 2 is 2.00 bits per heavy atom. The number of ketones is 1. The predicted molar refractivity (Wildman–Crippen MR) is 64.3 cm³/mol. The lowest BCUT2D eigenvalue weighted by Gasteiger charge is -2.22. The van der Waals surface area contributed by atoms with Crippen molar-refractivity contribution in [1.29, 1.82) is 5.41 Å². The predicted octanol–water partition coefficient (Wildman–Crippen LogP) is 1.51. The maximum absolute atomic E-state index is 12.2. The van der Waals surface area contributed by atoms with Gasteiger partial charge < -0.3 is 10.3 Å². The summed E-state index contributed by atoms with van der Waals surface area (Å²) in [6.07, 6.45) is 2.29.